The summed E-state index contributed by atoms with van der Waals surface area (Å²) in [5.74, 6) is 1.42. The number of hydrogen-bond acceptors (Lipinski definition) is 5. The summed E-state index contributed by atoms with van der Waals surface area (Å²) in [6, 6.07) is 13.9. The summed E-state index contributed by atoms with van der Waals surface area (Å²) in [6.45, 7) is 2.14. The van der Waals surface area contributed by atoms with E-state index in [1.165, 1.54) is 5.56 Å². The highest BCUT2D eigenvalue weighted by atomic mass is 16.5. The number of benzene rings is 1. The molecule has 1 atom stereocenters. The van der Waals surface area contributed by atoms with Crippen molar-refractivity contribution in [2.75, 3.05) is 0 Å². The Bertz CT molecular complexity index is 667. The van der Waals surface area contributed by atoms with Gasteiger partial charge in [-0.25, -0.2) is 0 Å². The van der Waals surface area contributed by atoms with Crippen LogP contribution < -0.4 is 0 Å². The van der Waals surface area contributed by atoms with E-state index >= 15 is 0 Å². The largest absolute Gasteiger partial charge is 0.339 e. The molecule has 5 nitrogen and oxygen atoms in total. The number of hydrogen-bond donors (Lipinski definition) is 0. The second kappa shape index (κ2) is 5.61. The van der Waals surface area contributed by atoms with Crippen LogP contribution in [0.25, 0.3) is 11.5 Å². The highest BCUT2D eigenvalue weighted by Gasteiger charge is 2.14. The number of nitrogens with zero attached hydrogens (tertiary/aromatic N) is 4. The van der Waals surface area contributed by atoms with Gasteiger partial charge in [0.2, 0.25) is 11.7 Å². The van der Waals surface area contributed by atoms with Crippen LogP contribution in [0.1, 0.15) is 24.3 Å². The van der Waals surface area contributed by atoms with Gasteiger partial charge in [-0.1, -0.05) is 42.4 Å². The second-order valence-corrected chi connectivity index (χ2v) is 4.64. The fourth-order valence-electron chi connectivity index (χ4n) is 2.02. The lowest BCUT2D eigenvalue weighted by Crippen LogP contribution is -1.98. The van der Waals surface area contributed by atoms with E-state index in [1.807, 2.05) is 24.3 Å². The lowest BCUT2D eigenvalue weighted by atomic mass is 9.98. The van der Waals surface area contributed by atoms with Crippen molar-refractivity contribution < 1.29 is 4.52 Å². The van der Waals surface area contributed by atoms with Crippen LogP contribution in [0.2, 0.25) is 0 Å². The third-order valence-corrected chi connectivity index (χ3v) is 3.12. The number of rotatable bonds is 4. The van der Waals surface area contributed by atoms with E-state index in [0.29, 0.717) is 29.7 Å². The molecular weight excluding hydrogens is 252 g/mol. The minimum atomic E-state index is 0.325. The van der Waals surface area contributed by atoms with Crippen LogP contribution in [0.4, 0.5) is 0 Å². The molecule has 2 heterocycles. The first-order chi connectivity index (χ1) is 9.83. The molecule has 0 bridgehead atoms. The first-order valence-corrected chi connectivity index (χ1v) is 6.48. The lowest BCUT2D eigenvalue weighted by molar-refractivity contribution is 0.372. The summed E-state index contributed by atoms with van der Waals surface area (Å²) in [5, 5.41) is 11.7. The Hall–Kier alpha value is -2.56. The monoisotopic (exact) mass is 266 g/mol. The molecule has 3 aromatic rings. The molecule has 0 aliphatic carbocycles. The highest BCUT2D eigenvalue weighted by molar-refractivity contribution is 5.46. The zero-order valence-electron chi connectivity index (χ0n) is 11.1. The van der Waals surface area contributed by atoms with Gasteiger partial charge in [-0.2, -0.15) is 10.1 Å². The molecule has 1 unspecified atom stereocenters. The predicted octanol–water partition coefficient (Wildman–Crippen LogP) is 2.87. The minimum absolute atomic E-state index is 0.325. The van der Waals surface area contributed by atoms with Crippen molar-refractivity contribution in [2.45, 2.75) is 19.3 Å². The smallest absolute Gasteiger partial charge is 0.227 e. The summed E-state index contributed by atoms with van der Waals surface area (Å²) >= 11 is 0. The first kappa shape index (κ1) is 12.5. The van der Waals surface area contributed by atoms with E-state index in [4.69, 9.17) is 4.52 Å². The Morgan fingerprint density at radius 2 is 1.95 bits per heavy atom. The molecule has 0 fully saturated rings. The number of aromatic nitrogens is 4. The van der Waals surface area contributed by atoms with Gasteiger partial charge >= 0.3 is 0 Å². The third kappa shape index (κ3) is 2.71. The maximum absolute atomic E-state index is 5.28. The molecule has 0 radical (unpaired) electrons. The van der Waals surface area contributed by atoms with Gasteiger partial charge in [-0.3, -0.25) is 0 Å². The standard InChI is InChI=1S/C15H14N4O/c1-11(12-6-3-2-4-7-12)10-14-17-15(19-20-14)13-8-5-9-16-18-13/h2-9,11H,10H2,1H3. The van der Waals surface area contributed by atoms with Gasteiger partial charge in [-0.05, 0) is 23.6 Å². The van der Waals surface area contributed by atoms with Gasteiger partial charge in [0.1, 0.15) is 5.69 Å². The highest BCUT2D eigenvalue weighted by Crippen LogP contribution is 2.20. The van der Waals surface area contributed by atoms with Gasteiger partial charge in [0, 0.05) is 12.6 Å². The summed E-state index contributed by atoms with van der Waals surface area (Å²) in [7, 11) is 0. The second-order valence-electron chi connectivity index (χ2n) is 4.64. The third-order valence-electron chi connectivity index (χ3n) is 3.12. The molecule has 0 N–H and O–H groups in total. The molecular formula is C15H14N4O. The Balaban J connectivity index is 1.75. The van der Waals surface area contributed by atoms with Gasteiger partial charge in [0.15, 0.2) is 0 Å². The van der Waals surface area contributed by atoms with E-state index in [2.05, 4.69) is 39.4 Å². The zero-order chi connectivity index (χ0) is 13.8. The molecule has 0 amide bonds. The van der Waals surface area contributed by atoms with Gasteiger partial charge in [0.25, 0.3) is 0 Å². The topological polar surface area (TPSA) is 64.7 Å². The zero-order valence-corrected chi connectivity index (χ0v) is 11.1. The van der Waals surface area contributed by atoms with Crippen molar-refractivity contribution >= 4 is 0 Å². The average molecular weight is 266 g/mol. The van der Waals surface area contributed by atoms with Crippen molar-refractivity contribution in [3.8, 4) is 11.5 Å². The quantitative estimate of drug-likeness (QED) is 0.726. The van der Waals surface area contributed by atoms with Gasteiger partial charge < -0.3 is 4.52 Å². The molecule has 0 spiro atoms. The van der Waals surface area contributed by atoms with Crippen LogP contribution in [0.15, 0.2) is 53.2 Å². The van der Waals surface area contributed by atoms with Crippen LogP contribution in [-0.2, 0) is 6.42 Å². The molecule has 20 heavy (non-hydrogen) atoms. The van der Waals surface area contributed by atoms with E-state index in [0.717, 1.165) is 0 Å². The van der Waals surface area contributed by atoms with E-state index in [9.17, 15) is 0 Å². The molecule has 0 saturated heterocycles. The molecule has 2 aromatic heterocycles. The van der Waals surface area contributed by atoms with E-state index in [1.54, 1.807) is 12.3 Å². The average Bonchev–Trinajstić information content (AvgIpc) is 2.97. The summed E-state index contributed by atoms with van der Waals surface area (Å²) in [6.07, 6.45) is 2.32. The summed E-state index contributed by atoms with van der Waals surface area (Å²) < 4.78 is 5.28. The Kier molecular flexibility index (Phi) is 3.50. The van der Waals surface area contributed by atoms with E-state index < -0.39 is 0 Å². The van der Waals surface area contributed by atoms with Crippen LogP contribution in [0.3, 0.4) is 0 Å². The van der Waals surface area contributed by atoms with Crippen molar-refractivity contribution in [1.82, 2.24) is 20.3 Å². The fourth-order valence-corrected chi connectivity index (χ4v) is 2.02. The van der Waals surface area contributed by atoms with Crippen molar-refractivity contribution in [2.24, 2.45) is 0 Å². The normalized spacial score (nSPS) is 12.2. The Morgan fingerprint density at radius 1 is 1.10 bits per heavy atom. The SMILES string of the molecule is CC(Cc1nc(-c2cccnn2)no1)c1ccccc1. The summed E-state index contributed by atoms with van der Waals surface area (Å²) in [5.41, 5.74) is 1.88. The fraction of sp³-hybridized carbons (Fsp3) is 0.200. The predicted molar refractivity (Wildman–Crippen MR) is 73.9 cm³/mol. The molecule has 5 heteroatoms. The molecule has 100 valence electrons. The Labute approximate surface area is 116 Å². The van der Waals surface area contributed by atoms with Crippen molar-refractivity contribution in [3.63, 3.8) is 0 Å². The molecule has 1 aromatic carbocycles. The summed E-state index contributed by atoms with van der Waals surface area (Å²) in [4.78, 5) is 4.37. The van der Waals surface area contributed by atoms with Crippen LogP contribution in [-0.4, -0.2) is 20.3 Å². The van der Waals surface area contributed by atoms with Gasteiger partial charge in [-0.15, -0.1) is 5.10 Å². The van der Waals surface area contributed by atoms with Crippen LogP contribution >= 0.6 is 0 Å². The minimum Gasteiger partial charge on any atom is -0.339 e. The molecule has 3 rings (SSSR count). The molecule has 0 aliphatic heterocycles. The van der Waals surface area contributed by atoms with Gasteiger partial charge in [0.05, 0.1) is 0 Å². The Morgan fingerprint density at radius 3 is 2.70 bits per heavy atom. The van der Waals surface area contributed by atoms with Crippen molar-refractivity contribution in [3.05, 3.63) is 60.1 Å². The van der Waals surface area contributed by atoms with Crippen LogP contribution in [0.5, 0.6) is 0 Å². The molecule has 0 saturated carbocycles. The molecule has 0 aliphatic rings. The van der Waals surface area contributed by atoms with Crippen molar-refractivity contribution in [1.29, 1.82) is 0 Å². The van der Waals surface area contributed by atoms with E-state index in [-0.39, 0.29) is 0 Å². The maximum atomic E-state index is 5.28. The maximum Gasteiger partial charge on any atom is 0.227 e. The van der Waals surface area contributed by atoms with Crippen LogP contribution in [0, 0.1) is 0 Å². The lowest BCUT2D eigenvalue weighted by Gasteiger charge is -2.07. The first-order valence-electron chi connectivity index (χ1n) is 6.48.